The van der Waals surface area contributed by atoms with Crippen molar-refractivity contribution in [2.24, 2.45) is 10.9 Å². The standard InChI is InChI=1S/C15H18BNO3/c1-2-12-9-14(20-15(12)18)13(17-10-16-19)8-11-6-4-3-5-7-11/h3-7,10,12-14H,2,8-9H2,1H3. The molecular weight excluding hydrogens is 253 g/mol. The third kappa shape index (κ3) is 3.62. The van der Waals surface area contributed by atoms with E-state index in [-0.39, 0.29) is 24.0 Å². The van der Waals surface area contributed by atoms with Crippen molar-refractivity contribution in [3.05, 3.63) is 35.9 Å². The van der Waals surface area contributed by atoms with E-state index in [1.54, 1.807) is 0 Å². The zero-order chi connectivity index (χ0) is 14.4. The number of carbonyl (C=O) groups excluding carboxylic acids is 1. The molecule has 0 radical (unpaired) electrons. The van der Waals surface area contributed by atoms with Gasteiger partial charge in [-0.3, -0.25) is 0 Å². The maximum absolute atomic E-state index is 11.7. The molecule has 104 valence electrons. The molecule has 0 bridgehead atoms. The summed E-state index contributed by atoms with van der Waals surface area (Å²) in [6.45, 7) is 1.98. The van der Waals surface area contributed by atoms with Crippen molar-refractivity contribution in [2.45, 2.75) is 38.3 Å². The Bertz CT molecular complexity index is 489. The van der Waals surface area contributed by atoms with E-state index in [1.165, 1.54) is 6.11 Å². The Morgan fingerprint density at radius 3 is 2.80 bits per heavy atom. The summed E-state index contributed by atoms with van der Waals surface area (Å²) >= 11 is 0. The Labute approximate surface area is 119 Å². The van der Waals surface area contributed by atoms with E-state index in [0.717, 1.165) is 12.0 Å². The first-order valence-corrected chi connectivity index (χ1v) is 6.96. The minimum atomic E-state index is -0.233. The molecule has 0 aromatic heterocycles. The predicted octanol–water partition coefficient (Wildman–Crippen LogP) is 2.02. The summed E-state index contributed by atoms with van der Waals surface area (Å²) in [6.07, 6.45) is 3.15. The van der Waals surface area contributed by atoms with Gasteiger partial charge in [-0.2, -0.15) is 0 Å². The maximum atomic E-state index is 11.7. The summed E-state index contributed by atoms with van der Waals surface area (Å²) in [4.78, 5) is 16.0. The summed E-state index contributed by atoms with van der Waals surface area (Å²) in [5, 5.41) is 0. The molecular formula is C15H18BNO3. The molecule has 0 N–H and O–H groups in total. The van der Waals surface area contributed by atoms with E-state index in [1.807, 2.05) is 37.3 Å². The van der Waals surface area contributed by atoms with E-state index in [4.69, 9.17) is 4.74 Å². The van der Waals surface area contributed by atoms with Crippen molar-refractivity contribution in [3.8, 4) is 0 Å². The SMILES string of the molecule is CCC1CC(C(Cc2ccccc2)N=CB=O)OC1=O. The molecule has 3 unspecified atom stereocenters. The number of rotatable bonds is 6. The van der Waals surface area contributed by atoms with Crippen LogP contribution in [0.5, 0.6) is 0 Å². The van der Waals surface area contributed by atoms with E-state index in [9.17, 15) is 9.50 Å². The zero-order valence-corrected chi connectivity index (χ0v) is 11.6. The third-order valence-electron chi connectivity index (χ3n) is 3.67. The number of aliphatic imine (C=N–C) groups is 1. The van der Waals surface area contributed by atoms with Crippen LogP contribution >= 0.6 is 0 Å². The summed E-state index contributed by atoms with van der Waals surface area (Å²) < 4.78 is 15.9. The van der Waals surface area contributed by atoms with Gasteiger partial charge in [-0.05, 0) is 0 Å². The van der Waals surface area contributed by atoms with Crippen molar-refractivity contribution in [2.75, 3.05) is 0 Å². The first-order chi connectivity index (χ1) is 9.74. The second kappa shape index (κ2) is 7.13. The molecule has 0 saturated carbocycles. The van der Waals surface area contributed by atoms with Crippen LogP contribution in [0.3, 0.4) is 0 Å². The van der Waals surface area contributed by atoms with Gasteiger partial charge in [0.2, 0.25) is 0 Å². The van der Waals surface area contributed by atoms with Crippen LogP contribution in [-0.2, 0) is 20.7 Å². The molecule has 1 aliphatic rings. The molecule has 1 saturated heterocycles. The number of cyclic esters (lactones) is 1. The monoisotopic (exact) mass is 271 g/mol. The van der Waals surface area contributed by atoms with Gasteiger partial charge < -0.3 is 0 Å². The summed E-state index contributed by atoms with van der Waals surface area (Å²) in [5.74, 6) is -0.179. The second-order valence-electron chi connectivity index (χ2n) is 5.01. The average Bonchev–Trinajstić information content (AvgIpc) is 2.85. The second-order valence-corrected chi connectivity index (χ2v) is 5.01. The molecule has 1 aromatic rings. The number of benzene rings is 1. The average molecular weight is 271 g/mol. The zero-order valence-electron chi connectivity index (χ0n) is 11.6. The Hall–Kier alpha value is -1.78. The Balaban J connectivity index is 2.10. The fraction of sp³-hybridized carbons (Fsp3) is 0.467. The Kier molecular flexibility index (Phi) is 5.21. The molecule has 1 aliphatic heterocycles. The van der Waals surface area contributed by atoms with Crippen LogP contribution in [-0.4, -0.2) is 31.4 Å². The molecule has 0 spiro atoms. The summed E-state index contributed by atoms with van der Waals surface area (Å²) in [5.41, 5.74) is 1.12. The molecule has 1 heterocycles. The molecule has 20 heavy (non-hydrogen) atoms. The number of nitrogens with zero attached hydrogens (tertiary/aromatic N) is 1. The van der Waals surface area contributed by atoms with Crippen LogP contribution in [0.15, 0.2) is 35.3 Å². The van der Waals surface area contributed by atoms with Gasteiger partial charge in [-0.25, -0.2) is 0 Å². The van der Waals surface area contributed by atoms with Crippen LogP contribution < -0.4 is 0 Å². The van der Waals surface area contributed by atoms with Gasteiger partial charge in [0.15, 0.2) is 0 Å². The third-order valence-corrected chi connectivity index (χ3v) is 3.67. The quantitative estimate of drug-likeness (QED) is 0.452. The summed E-state index contributed by atoms with van der Waals surface area (Å²) in [6, 6.07) is 9.71. The van der Waals surface area contributed by atoms with Crippen LogP contribution in [0.4, 0.5) is 0 Å². The van der Waals surface area contributed by atoms with Crippen molar-refractivity contribution in [1.29, 1.82) is 0 Å². The fourth-order valence-electron chi connectivity index (χ4n) is 2.52. The Morgan fingerprint density at radius 1 is 1.45 bits per heavy atom. The van der Waals surface area contributed by atoms with Gasteiger partial charge >= 0.3 is 119 Å². The van der Waals surface area contributed by atoms with Crippen LogP contribution in [0.25, 0.3) is 0 Å². The van der Waals surface area contributed by atoms with Gasteiger partial charge in [0.05, 0.1) is 0 Å². The fourth-order valence-corrected chi connectivity index (χ4v) is 2.52. The molecule has 3 atom stereocenters. The van der Waals surface area contributed by atoms with Crippen molar-refractivity contribution < 1.29 is 14.2 Å². The van der Waals surface area contributed by atoms with Crippen LogP contribution in [0, 0.1) is 5.92 Å². The normalized spacial score (nSPS) is 23.6. The molecule has 1 aromatic carbocycles. The number of esters is 1. The van der Waals surface area contributed by atoms with Gasteiger partial charge in [0, 0.05) is 0 Å². The molecule has 4 nitrogen and oxygen atoms in total. The van der Waals surface area contributed by atoms with Gasteiger partial charge in [-0.15, -0.1) is 0 Å². The minimum absolute atomic E-state index is 0.0373. The van der Waals surface area contributed by atoms with Gasteiger partial charge in [0.1, 0.15) is 0 Å². The van der Waals surface area contributed by atoms with Gasteiger partial charge in [0.25, 0.3) is 0 Å². The van der Waals surface area contributed by atoms with E-state index >= 15 is 0 Å². The number of carbonyl (C=O) groups is 1. The number of ether oxygens (including phenoxy) is 1. The first-order valence-electron chi connectivity index (χ1n) is 6.96. The van der Waals surface area contributed by atoms with E-state index < -0.39 is 0 Å². The van der Waals surface area contributed by atoms with E-state index in [0.29, 0.717) is 20.0 Å². The Morgan fingerprint density at radius 2 is 2.20 bits per heavy atom. The molecule has 1 fully saturated rings. The van der Waals surface area contributed by atoms with Crippen LogP contribution in [0.2, 0.25) is 0 Å². The van der Waals surface area contributed by atoms with Crippen molar-refractivity contribution >= 4 is 19.2 Å². The molecule has 0 aliphatic carbocycles. The van der Waals surface area contributed by atoms with E-state index in [2.05, 4.69) is 4.99 Å². The number of hydrogen-bond acceptors (Lipinski definition) is 4. The van der Waals surface area contributed by atoms with Crippen molar-refractivity contribution in [3.63, 3.8) is 0 Å². The topological polar surface area (TPSA) is 55.7 Å². The molecule has 2 rings (SSSR count). The van der Waals surface area contributed by atoms with Gasteiger partial charge in [-0.1, -0.05) is 0 Å². The summed E-state index contributed by atoms with van der Waals surface area (Å²) in [7, 11) is 0.659. The first kappa shape index (κ1) is 14.6. The predicted molar refractivity (Wildman–Crippen MR) is 77.1 cm³/mol. The van der Waals surface area contributed by atoms with Crippen molar-refractivity contribution in [1.82, 2.24) is 0 Å². The number of hydrogen-bond donors (Lipinski definition) is 0. The van der Waals surface area contributed by atoms with Crippen LogP contribution in [0.1, 0.15) is 25.3 Å². The molecule has 0 amide bonds. The molecule has 5 heteroatoms.